The summed E-state index contributed by atoms with van der Waals surface area (Å²) in [6.07, 6.45) is 6.13. The van der Waals surface area contributed by atoms with E-state index in [-0.39, 0.29) is 11.6 Å². The highest BCUT2D eigenvalue weighted by molar-refractivity contribution is 7.92. The molecule has 0 saturated heterocycles. The standard InChI is InChI=1S/C23H15F2N5O4S/c1-33-23-19(30-35(31,32)21-3-2-15(24)9-17(21)25)8-14(11-27-23)16-5-6-26-18-10-20(34-22(16)18)13-4-7-28-29-12-13/h2-12,30H,1H3. The molecule has 0 atom stereocenters. The second-order valence-corrected chi connectivity index (χ2v) is 8.93. The van der Waals surface area contributed by atoms with E-state index in [2.05, 4.69) is 24.9 Å². The number of aromatic nitrogens is 4. The van der Waals surface area contributed by atoms with Crippen molar-refractivity contribution in [3.05, 3.63) is 78.9 Å². The summed E-state index contributed by atoms with van der Waals surface area (Å²) in [5.74, 6) is -1.66. The summed E-state index contributed by atoms with van der Waals surface area (Å²) in [5, 5.41) is 7.60. The first-order valence-corrected chi connectivity index (χ1v) is 11.5. The zero-order valence-electron chi connectivity index (χ0n) is 17.9. The van der Waals surface area contributed by atoms with E-state index in [1.54, 1.807) is 30.6 Å². The Labute approximate surface area is 197 Å². The number of hydrogen-bond donors (Lipinski definition) is 1. The summed E-state index contributed by atoms with van der Waals surface area (Å²) in [4.78, 5) is 7.78. The van der Waals surface area contributed by atoms with Crippen LogP contribution < -0.4 is 9.46 Å². The van der Waals surface area contributed by atoms with Gasteiger partial charge in [0.05, 0.1) is 19.5 Å². The molecule has 0 radical (unpaired) electrons. The van der Waals surface area contributed by atoms with E-state index in [0.717, 1.165) is 12.1 Å². The van der Waals surface area contributed by atoms with E-state index >= 15 is 0 Å². The Hall–Kier alpha value is -4.45. The molecule has 12 heteroatoms. The summed E-state index contributed by atoms with van der Waals surface area (Å²) in [6.45, 7) is 0. The first kappa shape index (κ1) is 22.3. The van der Waals surface area contributed by atoms with Crippen LogP contribution in [0.3, 0.4) is 0 Å². The number of hydrogen-bond acceptors (Lipinski definition) is 8. The summed E-state index contributed by atoms with van der Waals surface area (Å²) >= 11 is 0. The minimum atomic E-state index is -4.43. The van der Waals surface area contributed by atoms with E-state index < -0.39 is 26.6 Å². The van der Waals surface area contributed by atoms with Gasteiger partial charge in [0.25, 0.3) is 10.0 Å². The van der Waals surface area contributed by atoms with Crippen LogP contribution in [-0.2, 0) is 10.0 Å². The third kappa shape index (κ3) is 4.26. The Morgan fingerprint density at radius 3 is 2.54 bits per heavy atom. The van der Waals surface area contributed by atoms with E-state index in [1.807, 2.05) is 0 Å². The Kier molecular flexibility index (Phi) is 5.57. The Bertz CT molecular complexity index is 1660. The highest BCUT2D eigenvalue weighted by atomic mass is 32.2. The van der Waals surface area contributed by atoms with Crippen molar-refractivity contribution in [2.75, 3.05) is 11.8 Å². The maximum atomic E-state index is 14.2. The van der Waals surface area contributed by atoms with Crippen molar-refractivity contribution in [3.8, 4) is 28.3 Å². The van der Waals surface area contributed by atoms with Crippen molar-refractivity contribution >= 4 is 26.8 Å². The smallest absolute Gasteiger partial charge is 0.264 e. The molecule has 0 saturated carbocycles. The fourth-order valence-electron chi connectivity index (χ4n) is 3.47. The van der Waals surface area contributed by atoms with Gasteiger partial charge in [-0.05, 0) is 30.3 Å². The average Bonchev–Trinajstić information content (AvgIpc) is 3.29. The molecule has 0 fully saturated rings. The van der Waals surface area contributed by atoms with E-state index in [1.165, 1.54) is 25.6 Å². The summed E-state index contributed by atoms with van der Waals surface area (Å²) in [6, 6.07) is 8.80. The van der Waals surface area contributed by atoms with Crippen LogP contribution in [-0.4, -0.2) is 35.7 Å². The van der Waals surface area contributed by atoms with Crippen LogP contribution in [0.25, 0.3) is 33.6 Å². The molecule has 0 amide bonds. The van der Waals surface area contributed by atoms with Gasteiger partial charge in [-0.15, -0.1) is 0 Å². The Morgan fingerprint density at radius 2 is 1.80 bits per heavy atom. The minimum absolute atomic E-state index is 0.0480. The number of methoxy groups -OCH3 is 1. The van der Waals surface area contributed by atoms with Crippen LogP contribution in [0.15, 0.2) is 76.6 Å². The second kappa shape index (κ2) is 8.72. The predicted molar refractivity (Wildman–Crippen MR) is 122 cm³/mol. The van der Waals surface area contributed by atoms with Gasteiger partial charge in [-0.25, -0.2) is 22.2 Å². The highest BCUT2D eigenvalue weighted by Gasteiger charge is 2.23. The molecule has 0 aliphatic carbocycles. The molecule has 9 nitrogen and oxygen atoms in total. The first-order chi connectivity index (χ1) is 16.9. The number of anilines is 1. The lowest BCUT2D eigenvalue weighted by molar-refractivity contribution is 0.400. The molecular weight excluding hydrogens is 480 g/mol. The zero-order valence-corrected chi connectivity index (χ0v) is 18.8. The van der Waals surface area contributed by atoms with Crippen LogP contribution in [0.5, 0.6) is 5.88 Å². The number of nitrogens with zero attached hydrogens (tertiary/aromatic N) is 4. The average molecular weight is 495 g/mol. The third-order valence-corrected chi connectivity index (χ3v) is 6.46. The monoisotopic (exact) mass is 495 g/mol. The summed E-state index contributed by atoms with van der Waals surface area (Å²) in [5.41, 5.74) is 2.69. The van der Waals surface area contributed by atoms with Gasteiger partial charge in [0, 0.05) is 41.2 Å². The predicted octanol–water partition coefficient (Wildman–Crippen LogP) is 4.43. The summed E-state index contributed by atoms with van der Waals surface area (Å²) < 4.78 is 66.5. The number of rotatable bonds is 6. The van der Waals surface area contributed by atoms with Crippen molar-refractivity contribution in [3.63, 3.8) is 0 Å². The van der Waals surface area contributed by atoms with Crippen molar-refractivity contribution in [2.24, 2.45) is 0 Å². The molecule has 0 aliphatic rings. The maximum absolute atomic E-state index is 14.2. The van der Waals surface area contributed by atoms with Crippen molar-refractivity contribution in [1.82, 2.24) is 20.2 Å². The van der Waals surface area contributed by atoms with Gasteiger partial charge in [-0.2, -0.15) is 10.2 Å². The van der Waals surface area contributed by atoms with Crippen LogP contribution in [0, 0.1) is 11.6 Å². The van der Waals surface area contributed by atoms with Gasteiger partial charge in [0.1, 0.15) is 33.5 Å². The van der Waals surface area contributed by atoms with Crippen molar-refractivity contribution in [1.29, 1.82) is 0 Å². The quantitative estimate of drug-likeness (QED) is 0.367. The van der Waals surface area contributed by atoms with Crippen molar-refractivity contribution in [2.45, 2.75) is 4.90 Å². The Balaban J connectivity index is 1.58. The molecular formula is C23H15F2N5O4S. The number of ether oxygens (including phenoxy) is 1. The molecule has 0 spiro atoms. The van der Waals surface area contributed by atoms with Gasteiger partial charge in [0.15, 0.2) is 5.58 Å². The van der Waals surface area contributed by atoms with E-state index in [4.69, 9.17) is 9.15 Å². The van der Waals surface area contributed by atoms with Crippen LogP contribution >= 0.6 is 0 Å². The minimum Gasteiger partial charge on any atom is -0.480 e. The molecule has 5 aromatic rings. The molecule has 1 N–H and O–H groups in total. The molecule has 4 aromatic heterocycles. The molecule has 5 rings (SSSR count). The number of furan rings is 1. The molecule has 0 aliphatic heterocycles. The maximum Gasteiger partial charge on any atom is 0.264 e. The third-order valence-electron chi connectivity index (χ3n) is 5.06. The number of fused-ring (bicyclic) bond motifs is 1. The van der Waals surface area contributed by atoms with Gasteiger partial charge in [-0.1, -0.05) is 0 Å². The lowest BCUT2D eigenvalue weighted by Gasteiger charge is -2.13. The molecule has 0 unspecified atom stereocenters. The van der Waals surface area contributed by atoms with Gasteiger partial charge in [0.2, 0.25) is 5.88 Å². The van der Waals surface area contributed by atoms with Gasteiger partial charge < -0.3 is 9.15 Å². The molecule has 176 valence electrons. The fraction of sp³-hybridized carbons (Fsp3) is 0.0435. The Morgan fingerprint density at radius 1 is 0.943 bits per heavy atom. The van der Waals surface area contributed by atoms with Crippen LogP contribution in [0.1, 0.15) is 0 Å². The first-order valence-electron chi connectivity index (χ1n) is 10.0. The van der Waals surface area contributed by atoms with Gasteiger partial charge in [-0.3, -0.25) is 9.71 Å². The summed E-state index contributed by atoms with van der Waals surface area (Å²) in [7, 11) is -3.12. The zero-order chi connectivity index (χ0) is 24.6. The van der Waals surface area contributed by atoms with E-state index in [0.29, 0.717) is 39.6 Å². The molecule has 35 heavy (non-hydrogen) atoms. The fourth-order valence-corrected chi connectivity index (χ4v) is 4.58. The van der Waals surface area contributed by atoms with Crippen molar-refractivity contribution < 1.29 is 26.4 Å². The lowest BCUT2D eigenvalue weighted by atomic mass is 10.1. The van der Waals surface area contributed by atoms with Crippen LogP contribution in [0.4, 0.5) is 14.5 Å². The largest absolute Gasteiger partial charge is 0.480 e. The SMILES string of the molecule is COc1ncc(-c2ccnc3cc(-c4ccnnc4)oc23)cc1NS(=O)(=O)c1ccc(F)cc1F. The van der Waals surface area contributed by atoms with E-state index in [9.17, 15) is 17.2 Å². The second-order valence-electron chi connectivity index (χ2n) is 7.28. The topological polar surface area (TPSA) is 120 Å². The highest BCUT2D eigenvalue weighted by Crippen LogP contribution is 2.36. The molecule has 0 bridgehead atoms. The number of sulfonamides is 1. The number of benzene rings is 1. The van der Waals surface area contributed by atoms with Crippen LogP contribution in [0.2, 0.25) is 0 Å². The molecule has 4 heterocycles. The number of nitrogens with one attached hydrogen (secondary N) is 1. The molecule has 1 aromatic carbocycles. The number of pyridine rings is 2. The normalized spacial score (nSPS) is 11.5. The lowest BCUT2D eigenvalue weighted by Crippen LogP contribution is -2.15. The van der Waals surface area contributed by atoms with Gasteiger partial charge >= 0.3 is 0 Å². The number of halogens is 2.